The molecule has 9 heteroatoms. The molecule has 1 heterocycles. The van der Waals surface area contributed by atoms with Crippen LogP contribution in [0, 0.1) is 22.2 Å². The van der Waals surface area contributed by atoms with E-state index < -0.39 is 23.1 Å². The number of halogens is 3. The zero-order valence-electron chi connectivity index (χ0n) is 16.7. The van der Waals surface area contributed by atoms with Crippen molar-refractivity contribution in [2.75, 3.05) is 11.6 Å². The van der Waals surface area contributed by atoms with Gasteiger partial charge in [-0.2, -0.15) is 23.4 Å². The molecule has 1 saturated carbocycles. The van der Waals surface area contributed by atoms with Gasteiger partial charge in [0.1, 0.15) is 6.07 Å². The molecule has 2 rings (SSSR count). The van der Waals surface area contributed by atoms with Crippen molar-refractivity contribution in [3.8, 4) is 6.07 Å². The monoisotopic (exact) mass is 397 g/mol. The fourth-order valence-corrected chi connectivity index (χ4v) is 3.24. The van der Waals surface area contributed by atoms with Crippen LogP contribution in [-0.2, 0) is 11.0 Å². The molecule has 1 aliphatic carbocycles. The largest absolute Gasteiger partial charge is 0.433 e. The normalized spacial score (nSPS) is 16.9. The van der Waals surface area contributed by atoms with Crippen molar-refractivity contribution in [2.45, 2.75) is 66.0 Å². The van der Waals surface area contributed by atoms with Crippen molar-refractivity contribution in [1.29, 1.82) is 5.26 Å². The van der Waals surface area contributed by atoms with Gasteiger partial charge in [-0.3, -0.25) is 15.2 Å². The molecular formula is C19H26F3N5O. The van der Waals surface area contributed by atoms with Gasteiger partial charge >= 0.3 is 6.18 Å². The Balaban J connectivity index is 2.41. The maximum Gasteiger partial charge on any atom is 0.433 e. The number of nitrogens with one attached hydrogen (secondary N) is 1. The number of hydrogen-bond donors (Lipinski definition) is 1. The van der Waals surface area contributed by atoms with Gasteiger partial charge in [-0.15, -0.1) is 0 Å². The average Bonchev–Trinajstić information content (AvgIpc) is 2.59. The second kappa shape index (κ2) is 7.94. The Morgan fingerprint density at radius 1 is 1.25 bits per heavy atom. The Morgan fingerprint density at radius 2 is 1.86 bits per heavy atom. The molecule has 0 spiro atoms. The van der Waals surface area contributed by atoms with Gasteiger partial charge in [0.25, 0.3) is 0 Å². The van der Waals surface area contributed by atoms with Crippen LogP contribution in [0.25, 0.3) is 0 Å². The molecule has 0 atom stereocenters. The molecular weight excluding hydrogens is 371 g/mol. The lowest BCUT2D eigenvalue weighted by Crippen LogP contribution is -2.52. The first-order valence-electron chi connectivity index (χ1n) is 9.29. The molecule has 0 bridgehead atoms. The highest BCUT2D eigenvalue weighted by molar-refractivity contribution is 5.83. The molecule has 6 nitrogen and oxygen atoms in total. The lowest BCUT2D eigenvalue weighted by molar-refractivity contribution is -0.141. The third-order valence-electron chi connectivity index (χ3n) is 4.75. The lowest BCUT2D eigenvalue weighted by Gasteiger charge is -2.37. The summed E-state index contributed by atoms with van der Waals surface area (Å²) < 4.78 is 39.6. The van der Waals surface area contributed by atoms with Crippen molar-refractivity contribution < 1.29 is 18.0 Å². The molecule has 1 amide bonds. The van der Waals surface area contributed by atoms with Crippen LogP contribution in [0.5, 0.6) is 0 Å². The van der Waals surface area contributed by atoms with E-state index in [2.05, 4.69) is 15.4 Å². The van der Waals surface area contributed by atoms with E-state index in [0.717, 1.165) is 38.2 Å². The summed E-state index contributed by atoms with van der Waals surface area (Å²) in [6, 6.07) is 2.32. The predicted octanol–water partition coefficient (Wildman–Crippen LogP) is 4.22. The second-order valence-electron chi connectivity index (χ2n) is 8.75. The number of carbonyl (C=O) groups excluding carboxylic acids is 1. The van der Waals surface area contributed by atoms with Crippen LogP contribution in [0.2, 0.25) is 0 Å². The van der Waals surface area contributed by atoms with Crippen LogP contribution in [0.4, 0.5) is 19.0 Å². The minimum Gasteiger partial charge on any atom is -0.273 e. The molecule has 0 radical (unpaired) electrons. The third kappa shape index (κ3) is 5.57. The van der Waals surface area contributed by atoms with Crippen molar-refractivity contribution in [1.82, 2.24) is 15.4 Å². The van der Waals surface area contributed by atoms with Gasteiger partial charge in [-0.25, -0.2) is 4.98 Å². The van der Waals surface area contributed by atoms with Gasteiger partial charge in [0.05, 0.1) is 0 Å². The number of hydrogen-bond acceptors (Lipinski definition) is 5. The first-order chi connectivity index (χ1) is 12.8. The van der Waals surface area contributed by atoms with Crippen molar-refractivity contribution in [3.05, 3.63) is 17.6 Å². The van der Waals surface area contributed by atoms with E-state index in [-0.39, 0.29) is 23.7 Å². The maximum atomic E-state index is 13.2. The Morgan fingerprint density at radius 3 is 2.36 bits per heavy atom. The fraction of sp³-hybridized carbons (Fsp3) is 0.684. The SMILES string of the molecule is CC(C)(C)CN(NC(=O)C1(C)CCCCC1)c1cc(C(F)(F)F)nc(C#N)n1. The summed E-state index contributed by atoms with van der Waals surface area (Å²) in [5, 5.41) is 10.4. The smallest absolute Gasteiger partial charge is 0.273 e. The summed E-state index contributed by atoms with van der Waals surface area (Å²) in [7, 11) is 0. The van der Waals surface area contributed by atoms with Crippen molar-refractivity contribution in [3.63, 3.8) is 0 Å². The number of nitrogens with zero attached hydrogens (tertiary/aromatic N) is 4. The molecule has 0 saturated heterocycles. The Bertz CT molecular complexity index is 758. The molecule has 1 aromatic rings. The Hall–Kier alpha value is -2.37. The minimum atomic E-state index is -4.73. The van der Waals surface area contributed by atoms with Gasteiger partial charge in [0, 0.05) is 18.0 Å². The number of hydrazine groups is 1. The first-order valence-corrected chi connectivity index (χ1v) is 9.29. The molecule has 1 aromatic heterocycles. The van der Waals surface area contributed by atoms with E-state index in [4.69, 9.17) is 5.26 Å². The summed E-state index contributed by atoms with van der Waals surface area (Å²) in [6.45, 7) is 7.77. The van der Waals surface area contributed by atoms with Gasteiger partial charge in [-0.1, -0.05) is 47.0 Å². The highest BCUT2D eigenvalue weighted by atomic mass is 19.4. The van der Waals surface area contributed by atoms with Gasteiger partial charge < -0.3 is 0 Å². The van der Waals surface area contributed by atoms with E-state index in [0.29, 0.717) is 0 Å². The predicted molar refractivity (Wildman–Crippen MR) is 97.9 cm³/mol. The summed E-state index contributed by atoms with van der Waals surface area (Å²) in [5.41, 5.74) is 0.613. The fourth-order valence-electron chi connectivity index (χ4n) is 3.24. The van der Waals surface area contributed by atoms with Gasteiger partial charge in [0.2, 0.25) is 11.7 Å². The second-order valence-corrected chi connectivity index (χ2v) is 8.75. The zero-order valence-corrected chi connectivity index (χ0v) is 16.7. The summed E-state index contributed by atoms with van der Waals surface area (Å²) in [5.74, 6) is -0.995. The van der Waals surface area contributed by atoms with Crippen molar-refractivity contribution in [2.24, 2.45) is 10.8 Å². The molecule has 0 aliphatic heterocycles. The average molecular weight is 397 g/mol. The molecule has 1 fully saturated rings. The van der Waals surface area contributed by atoms with E-state index in [1.165, 1.54) is 5.01 Å². The highest BCUT2D eigenvalue weighted by Crippen LogP contribution is 2.36. The number of amides is 1. The van der Waals surface area contributed by atoms with E-state index in [9.17, 15) is 18.0 Å². The highest BCUT2D eigenvalue weighted by Gasteiger charge is 2.37. The number of anilines is 1. The number of rotatable bonds is 4. The maximum absolute atomic E-state index is 13.2. The topological polar surface area (TPSA) is 81.9 Å². The van der Waals surface area contributed by atoms with Crippen LogP contribution in [0.15, 0.2) is 6.07 Å². The Kier molecular flexibility index (Phi) is 6.21. The molecule has 1 N–H and O–H groups in total. The minimum absolute atomic E-state index is 0.151. The van der Waals surface area contributed by atoms with Crippen LogP contribution in [0.1, 0.15) is 71.3 Å². The van der Waals surface area contributed by atoms with E-state index in [1.54, 1.807) is 6.07 Å². The number of alkyl halides is 3. The van der Waals surface area contributed by atoms with Gasteiger partial charge in [0.15, 0.2) is 11.5 Å². The molecule has 0 aromatic carbocycles. The molecule has 0 unspecified atom stereocenters. The zero-order chi connectivity index (χ0) is 21.2. The van der Waals surface area contributed by atoms with E-state index in [1.807, 2.05) is 27.7 Å². The lowest BCUT2D eigenvalue weighted by atomic mass is 9.75. The number of nitriles is 1. The van der Waals surface area contributed by atoms with Crippen LogP contribution >= 0.6 is 0 Å². The molecule has 1 aliphatic rings. The molecule has 154 valence electrons. The first kappa shape index (κ1) is 21.9. The molecule has 28 heavy (non-hydrogen) atoms. The van der Waals surface area contributed by atoms with E-state index >= 15 is 0 Å². The summed E-state index contributed by atoms with van der Waals surface area (Å²) >= 11 is 0. The van der Waals surface area contributed by atoms with Crippen LogP contribution < -0.4 is 10.4 Å². The van der Waals surface area contributed by atoms with Crippen molar-refractivity contribution >= 4 is 11.7 Å². The standard InChI is InChI=1S/C19H26F3N5O/c1-17(2,3)12-27(26-16(28)18(4)8-6-5-7-9-18)15-10-13(19(20,21)22)24-14(11-23)25-15/h10H,5-9,12H2,1-4H3,(H,26,28). The number of aromatic nitrogens is 2. The van der Waals surface area contributed by atoms with Crippen LogP contribution in [0.3, 0.4) is 0 Å². The Labute approximate surface area is 163 Å². The summed E-state index contributed by atoms with van der Waals surface area (Å²) in [6.07, 6.45) is -0.329. The van der Waals surface area contributed by atoms with Crippen LogP contribution in [-0.4, -0.2) is 22.4 Å². The number of carbonyl (C=O) groups is 1. The summed E-state index contributed by atoms with van der Waals surface area (Å²) in [4.78, 5) is 20.1. The quantitative estimate of drug-likeness (QED) is 0.769. The third-order valence-corrected chi connectivity index (χ3v) is 4.75. The van der Waals surface area contributed by atoms with Gasteiger partial charge in [-0.05, 0) is 18.3 Å².